The van der Waals surface area contributed by atoms with Crippen LogP contribution < -0.4 is 24.7 Å². The fourth-order valence-electron chi connectivity index (χ4n) is 3.18. The predicted molar refractivity (Wildman–Crippen MR) is 124 cm³/mol. The molecule has 1 aliphatic heterocycles. The molecule has 0 saturated carbocycles. The molecular formula is C24H20N2O7S. The lowest BCUT2D eigenvalue weighted by Crippen LogP contribution is -2.20. The van der Waals surface area contributed by atoms with Gasteiger partial charge in [-0.15, -0.1) is 0 Å². The van der Waals surface area contributed by atoms with Gasteiger partial charge >= 0.3 is 0 Å². The van der Waals surface area contributed by atoms with Crippen LogP contribution in [0, 0.1) is 0 Å². The van der Waals surface area contributed by atoms with Crippen molar-refractivity contribution >= 4 is 33.5 Å². The molecule has 0 aliphatic carbocycles. The SMILES string of the molecule is COc1ccc2c(c1)O/C(=C/c1ccc(OCC(=O)Nc3ccc(S(N)(=O)=O)cc3)cc1)C2=O. The van der Waals surface area contributed by atoms with Crippen LogP contribution in [0.25, 0.3) is 6.08 Å². The number of carbonyl (C=O) groups is 2. The van der Waals surface area contributed by atoms with Crippen molar-refractivity contribution < 1.29 is 32.2 Å². The monoisotopic (exact) mass is 480 g/mol. The summed E-state index contributed by atoms with van der Waals surface area (Å²) < 4.78 is 38.8. The molecule has 34 heavy (non-hydrogen) atoms. The summed E-state index contributed by atoms with van der Waals surface area (Å²) in [5.74, 6) is 1.05. The van der Waals surface area contributed by atoms with Crippen molar-refractivity contribution in [1.82, 2.24) is 0 Å². The summed E-state index contributed by atoms with van der Waals surface area (Å²) in [6, 6.07) is 17.3. The lowest BCUT2D eigenvalue weighted by Gasteiger charge is -2.08. The lowest BCUT2D eigenvalue weighted by molar-refractivity contribution is -0.118. The van der Waals surface area contributed by atoms with E-state index < -0.39 is 15.9 Å². The maximum absolute atomic E-state index is 12.5. The first-order valence-corrected chi connectivity index (χ1v) is 11.6. The fourth-order valence-corrected chi connectivity index (χ4v) is 3.70. The van der Waals surface area contributed by atoms with Crippen LogP contribution >= 0.6 is 0 Å². The molecule has 1 amide bonds. The number of nitrogens with two attached hydrogens (primary N) is 1. The van der Waals surface area contributed by atoms with Gasteiger partial charge in [-0.3, -0.25) is 9.59 Å². The lowest BCUT2D eigenvalue weighted by atomic mass is 10.1. The van der Waals surface area contributed by atoms with Crippen molar-refractivity contribution in [2.75, 3.05) is 19.0 Å². The van der Waals surface area contributed by atoms with Crippen molar-refractivity contribution in [3.63, 3.8) is 0 Å². The second-order valence-electron chi connectivity index (χ2n) is 7.28. The average Bonchev–Trinajstić information content (AvgIpc) is 3.12. The highest BCUT2D eigenvalue weighted by molar-refractivity contribution is 7.89. The molecule has 10 heteroatoms. The second-order valence-corrected chi connectivity index (χ2v) is 8.84. The Kier molecular flexibility index (Phi) is 6.35. The molecule has 4 rings (SSSR count). The molecule has 0 bridgehead atoms. The zero-order valence-electron chi connectivity index (χ0n) is 18.0. The highest BCUT2D eigenvalue weighted by Crippen LogP contribution is 2.34. The number of primary sulfonamides is 1. The Hall–Kier alpha value is -4.15. The molecule has 0 aromatic heterocycles. The third kappa shape index (κ3) is 5.25. The summed E-state index contributed by atoms with van der Waals surface area (Å²) in [7, 11) is -2.26. The maximum atomic E-state index is 12.5. The molecular weight excluding hydrogens is 460 g/mol. The van der Waals surface area contributed by atoms with Gasteiger partial charge in [0.1, 0.15) is 17.2 Å². The van der Waals surface area contributed by atoms with Crippen LogP contribution in [0.2, 0.25) is 0 Å². The summed E-state index contributed by atoms with van der Waals surface area (Å²) in [4.78, 5) is 24.6. The van der Waals surface area contributed by atoms with Gasteiger partial charge in [0, 0.05) is 11.8 Å². The highest BCUT2D eigenvalue weighted by Gasteiger charge is 2.27. The van der Waals surface area contributed by atoms with E-state index in [1.807, 2.05) is 0 Å². The van der Waals surface area contributed by atoms with E-state index in [0.29, 0.717) is 28.5 Å². The molecule has 0 atom stereocenters. The van der Waals surface area contributed by atoms with Crippen molar-refractivity contribution in [1.29, 1.82) is 0 Å². The minimum atomic E-state index is -3.80. The minimum Gasteiger partial charge on any atom is -0.497 e. The number of anilines is 1. The Balaban J connectivity index is 1.33. The molecule has 3 aromatic rings. The van der Waals surface area contributed by atoms with E-state index in [1.165, 1.54) is 31.4 Å². The zero-order chi connectivity index (χ0) is 24.3. The Labute approximate surface area is 195 Å². The van der Waals surface area contributed by atoms with Gasteiger partial charge < -0.3 is 19.5 Å². The maximum Gasteiger partial charge on any atom is 0.262 e. The van der Waals surface area contributed by atoms with Gasteiger partial charge in [0.15, 0.2) is 12.4 Å². The second kappa shape index (κ2) is 9.38. The van der Waals surface area contributed by atoms with Crippen molar-refractivity contribution in [2.24, 2.45) is 5.14 Å². The van der Waals surface area contributed by atoms with Crippen molar-refractivity contribution in [3.8, 4) is 17.2 Å². The van der Waals surface area contributed by atoms with E-state index >= 15 is 0 Å². The predicted octanol–water partition coefficient (Wildman–Crippen LogP) is 2.98. The van der Waals surface area contributed by atoms with Gasteiger partial charge in [0.25, 0.3) is 5.91 Å². The van der Waals surface area contributed by atoms with Crippen LogP contribution in [0.15, 0.2) is 77.4 Å². The number of amides is 1. The summed E-state index contributed by atoms with van der Waals surface area (Å²) in [5, 5.41) is 7.65. The summed E-state index contributed by atoms with van der Waals surface area (Å²) >= 11 is 0. The number of sulfonamides is 1. The first-order valence-electron chi connectivity index (χ1n) is 10.0. The number of nitrogens with one attached hydrogen (secondary N) is 1. The molecule has 1 aliphatic rings. The number of fused-ring (bicyclic) bond motifs is 1. The van der Waals surface area contributed by atoms with E-state index in [4.69, 9.17) is 19.3 Å². The number of hydrogen-bond donors (Lipinski definition) is 2. The third-order valence-electron chi connectivity index (χ3n) is 4.89. The number of allylic oxidation sites excluding steroid dienone is 1. The molecule has 0 radical (unpaired) electrons. The molecule has 0 unspecified atom stereocenters. The van der Waals surface area contributed by atoms with Gasteiger partial charge in [0.2, 0.25) is 15.8 Å². The number of Topliss-reactive ketones (excluding diaryl/α,β-unsaturated/α-hetero) is 1. The quantitative estimate of drug-likeness (QED) is 0.497. The normalized spacial score (nSPS) is 13.8. The largest absolute Gasteiger partial charge is 0.497 e. The molecule has 174 valence electrons. The Morgan fingerprint density at radius 1 is 1.03 bits per heavy atom. The van der Waals surface area contributed by atoms with Gasteiger partial charge in [-0.1, -0.05) is 12.1 Å². The number of benzene rings is 3. The first-order chi connectivity index (χ1) is 16.2. The Bertz CT molecular complexity index is 1380. The van der Waals surface area contributed by atoms with E-state index in [-0.39, 0.29) is 23.0 Å². The molecule has 3 N–H and O–H groups in total. The summed E-state index contributed by atoms with van der Waals surface area (Å²) in [6.45, 7) is -0.254. The fraction of sp³-hybridized carbons (Fsp3) is 0.0833. The van der Waals surface area contributed by atoms with Crippen molar-refractivity contribution in [3.05, 3.63) is 83.6 Å². The van der Waals surface area contributed by atoms with E-state index in [0.717, 1.165) is 5.56 Å². The average molecular weight is 480 g/mol. The van der Waals surface area contributed by atoms with Crippen LogP contribution in [-0.2, 0) is 14.8 Å². The van der Waals surface area contributed by atoms with Crippen molar-refractivity contribution in [2.45, 2.75) is 4.90 Å². The van der Waals surface area contributed by atoms with Gasteiger partial charge in [-0.05, 0) is 60.2 Å². The summed E-state index contributed by atoms with van der Waals surface area (Å²) in [6.07, 6.45) is 1.62. The van der Waals surface area contributed by atoms with Gasteiger partial charge in [-0.2, -0.15) is 0 Å². The number of ether oxygens (including phenoxy) is 3. The van der Waals surface area contributed by atoms with E-state index in [2.05, 4.69) is 5.32 Å². The topological polar surface area (TPSA) is 134 Å². The molecule has 3 aromatic carbocycles. The number of rotatable bonds is 7. The standard InChI is InChI=1S/C24H20N2O7S/c1-31-18-8-11-20-21(13-18)33-22(24(20)28)12-15-2-6-17(7-3-15)32-14-23(27)26-16-4-9-19(10-5-16)34(25,29)30/h2-13H,14H2,1H3,(H,26,27)(H2,25,29,30)/b22-12+. The summed E-state index contributed by atoms with van der Waals surface area (Å²) in [5.41, 5.74) is 1.59. The smallest absolute Gasteiger partial charge is 0.262 e. The van der Waals surface area contributed by atoms with Crippen LogP contribution in [-0.4, -0.2) is 33.8 Å². The number of methoxy groups -OCH3 is 1. The van der Waals surface area contributed by atoms with Gasteiger partial charge in [0.05, 0.1) is 17.6 Å². The number of hydrogen-bond acceptors (Lipinski definition) is 7. The third-order valence-corrected chi connectivity index (χ3v) is 5.82. The zero-order valence-corrected chi connectivity index (χ0v) is 18.8. The van der Waals surface area contributed by atoms with E-state index in [1.54, 1.807) is 48.5 Å². The molecule has 1 heterocycles. The Morgan fingerprint density at radius 2 is 1.71 bits per heavy atom. The molecule has 0 saturated heterocycles. The van der Waals surface area contributed by atoms with Crippen LogP contribution in [0.4, 0.5) is 5.69 Å². The number of carbonyl (C=O) groups excluding carboxylic acids is 2. The Morgan fingerprint density at radius 3 is 2.35 bits per heavy atom. The molecule has 0 fully saturated rings. The molecule has 0 spiro atoms. The van der Waals surface area contributed by atoms with Gasteiger partial charge in [-0.25, -0.2) is 13.6 Å². The van der Waals surface area contributed by atoms with Crippen LogP contribution in [0.5, 0.6) is 17.2 Å². The van der Waals surface area contributed by atoms with Crippen LogP contribution in [0.3, 0.4) is 0 Å². The van der Waals surface area contributed by atoms with Crippen LogP contribution in [0.1, 0.15) is 15.9 Å². The first kappa shape index (κ1) is 23.0. The molecule has 9 nitrogen and oxygen atoms in total. The minimum absolute atomic E-state index is 0.0508. The number of ketones is 1. The van der Waals surface area contributed by atoms with E-state index in [9.17, 15) is 18.0 Å². The highest BCUT2D eigenvalue weighted by atomic mass is 32.2.